The number of benzene rings is 2. The maximum Gasteiger partial charge on any atom is 0.246 e. The summed E-state index contributed by atoms with van der Waals surface area (Å²) in [6.07, 6.45) is 0.624. The van der Waals surface area contributed by atoms with Gasteiger partial charge in [0.15, 0.2) is 0 Å². The fourth-order valence-corrected chi connectivity index (χ4v) is 5.86. The van der Waals surface area contributed by atoms with Crippen LogP contribution in [0.5, 0.6) is 5.75 Å². The van der Waals surface area contributed by atoms with Gasteiger partial charge in [-0.05, 0) is 23.3 Å². The van der Waals surface area contributed by atoms with Gasteiger partial charge in [-0.3, -0.25) is 4.79 Å². The Balaban J connectivity index is 1.44. The number of carbonyl (C=O) groups excluding carboxylic acids is 1. The van der Waals surface area contributed by atoms with Gasteiger partial charge in [-0.25, -0.2) is 8.42 Å². The molecule has 3 aromatic rings. The number of morpholine rings is 1. The van der Waals surface area contributed by atoms with E-state index in [0.717, 1.165) is 10.6 Å². The molecule has 0 spiro atoms. The molecule has 9 nitrogen and oxygen atoms in total. The average molecular weight is 489 g/mol. The van der Waals surface area contributed by atoms with Gasteiger partial charge in [0.1, 0.15) is 15.7 Å². The number of sulfonamides is 1. The van der Waals surface area contributed by atoms with Gasteiger partial charge in [0, 0.05) is 19.5 Å². The van der Waals surface area contributed by atoms with Crippen molar-refractivity contribution in [2.75, 3.05) is 38.7 Å². The Morgan fingerprint density at radius 3 is 2.61 bits per heavy atom. The first-order valence-corrected chi connectivity index (χ1v) is 12.6. The number of nitrogens with zero attached hydrogens (tertiary/aromatic N) is 3. The van der Waals surface area contributed by atoms with Crippen LogP contribution in [0, 0.1) is 0 Å². The lowest BCUT2D eigenvalue weighted by Gasteiger charge is -2.26. The summed E-state index contributed by atoms with van der Waals surface area (Å²) in [6.45, 7) is 1.24. The van der Waals surface area contributed by atoms with Crippen LogP contribution in [-0.4, -0.2) is 62.2 Å². The molecule has 0 unspecified atom stereocenters. The molecular formula is C22H24N4O5S2. The van der Waals surface area contributed by atoms with E-state index in [-0.39, 0.29) is 36.1 Å². The summed E-state index contributed by atoms with van der Waals surface area (Å²) in [5.74, 6) is -0.0716. The van der Waals surface area contributed by atoms with Crippen molar-refractivity contribution in [3.05, 3.63) is 64.7 Å². The van der Waals surface area contributed by atoms with Gasteiger partial charge in [-0.15, -0.1) is 10.2 Å². The second-order valence-corrected chi connectivity index (χ2v) is 10.4. The predicted octanol–water partition coefficient (Wildman–Crippen LogP) is 2.34. The molecule has 0 bridgehead atoms. The summed E-state index contributed by atoms with van der Waals surface area (Å²) >= 11 is 1.31. The van der Waals surface area contributed by atoms with E-state index in [4.69, 9.17) is 9.47 Å². The Bertz CT molecular complexity index is 1210. The van der Waals surface area contributed by atoms with E-state index in [1.807, 2.05) is 30.3 Å². The number of rotatable bonds is 8. The molecule has 0 atom stereocenters. The highest BCUT2D eigenvalue weighted by atomic mass is 32.2. The van der Waals surface area contributed by atoms with Gasteiger partial charge in [0.25, 0.3) is 0 Å². The maximum absolute atomic E-state index is 13.1. The number of anilines is 1. The number of nitrogens with one attached hydrogen (secondary N) is 1. The van der Waals surface area contributed by atoms with Crippen molar-refractivity contribution in [1.82, 2.24) is 14.5 Å². The predicted molar refractivity (Wildman–Crippen MR) is 124 cm³/mol. The van der Waals surface area contributed by atoms with Crippen LogP contribution in [0.25, 0.3) is 0 Å². The van der Waals surface area contributed by atoms with E-state index in [2.05, 4.69) is 15.5 Å². The first-order chi connectivity index (χ1) is 16.0. The lowest BCUT2D eigenvalue weighted by Crippen LogP contribution is -2.40. The molecule has 2 heterocycles. The number of ether oxygens (including phenoxy) is 2. The molecular weight excluding hydrogens is 464 g/mol. The van der Waals surface area contributed by atoms with Crippen LogP contribution in [-0.2, 0) is 32.4 Å². The maximum atomic E-state index is 13.1. The smallest absolute Gasteiger partial charge is 0.246 e. The second-order valence-electron chi connectivity index (χ2n) is 7.39. The molecule has 0 saturated carbocycles. The first-order valence-electron chi connectivity index (χ1n) is 10.4. The van der Waals surface area contributed by atoms with Crippen LogP contribution in [0.2, 0.25) is 0 Å². The van der Waals surface area contributed by atoms with Crippen molar-refractivity contribution < 1.29 is 22.7 Å². The van der Waals surface area contributed by atoms with Crippen LogP contribution in [0.3, 0.4) is 0 Å². The molecule has 1 aliphatic heterocycles. The quantitative estimate of drug-likeness (QED) is 0.518. The van der Waals surface area contributed by atoms with E-state index in [0.29, 0.717) is 30.3 Å². The summed E-state index contributed by atoms with van der Waals surface area (Å²) in [6, 6.07) is 14.6. The number of hydrogen-bond acceptors (Lipinski definition) is 8. The minimum Gasteiger partial charge on any atom is -0.495 e. The van der Waals surface area contributed by atoms with Crippen LogP contribution in [0.1, 0.15) is 16.1 Å². The first kappa shape index (κ1) is 23.3. The Labute approximate surface area is 196 Å². The number of amides is 1. The van der Waals surface area contributed by atoms with E-state index in [1.165, 1.54) is 28.8 Å². The van der Waals surface area contributed by atoms with Gasteiger partial charge >= 0.3 is 0 Å². The second kappa shape index (κ2) is 10.4. The number of methoxy groups -OCH3 is 1. The number of aromatic nitrogens is 2. The Morgan fingerprint density at radius 2 is 1.88 bits per heavy atom. The minimum absolute atomic E-state index is 0.0107. The van der Waals surface area contributed by atoms with Crippen molar-refractivity contribution in [3.63, 3.8) is 0 Å². The van der Waals surface area contributed by atoms with Gasteiger partial charge in [-0.2, -0.15) is 4.31 Å². The third-order valence-electron chi connectivity index (χ3n) is 5.09. The molecule has 2 aromatic carbocycles. The molecule has 0 aliphatic carbocycles. The largest absolute Gasteiger partial charge is 0.495 e. The zero-order valence-electron chi connectivity index (χ0n) is 18.1. The highest BCUT2D eigenvalue weighted by Gasteiger charge is 2.29. The summed E-state index contributed by atoms with van der Waals surface area (Å²) in [4.78, 5) is 12.6. The lowest BCUT2D eigenvalue weighted by atomic mass is 10.1. The molecule has 1 aliphatic rings. The van der Waals surface area contributed by atoms with Gasteiger partial charge in [0.05, 0.1) is 26.7 Å². The molecule has 4 rings (SSSR count). The molecule has 1 saturated heterocycles. The number of carbonyl (C=O) groups is 1. The van der Waals surface area contributed by atoms with Crippen molar-refractivity contribution in [3.8, 4) is 5.75 Å². The third kappa shape index (κ3) is 5.74. The SMILES string of the molecule is COc1ccc(CC(=O)Nc2nnc(Cc3ccccc3)s2)cc1S(=O)(=O)N1CCOCC1. The summed E-state index contributed by atoms with van der Waals surface area (Å²) in [5.41, 5.74) is 1.66. The summed E-state index contributed by atoms with van der Waals surface area (Å²) < 4.78 is 38.1. The van der Waals surface area contributed by atoms with E-state index in [1.54, 1.807) is 12.1 Å². The molecule has 174 valence electrons. The van der Waals surface area contributed by atoms with E-state index < -0.39 is 10.0 Å². The van der Waals surface area contributed by atoms with Gasteiger partial charge < -0.3 is 14.8 Å². The monoisotopic (exact) mass is 488 g/mol. The van der Waals surface area contributed by atoms with Crippen molar-refractivity contribution in [2.24, 2.45) is 0 Å². The Morgan fingerprint density at radius 1 is 1.12 bits per heavy atom. The normalized spacial score (nSPS) is 14.7. The summed E-state index contributed by atoms with van der Waals surface area (Å²) in [5, 5.41) is 12.1. The van der Waals surface area contributed by atoms with Crippen LogP contribution in [0.4, 0.5) is 5.13 Å². The van der Waals surface area contributed by atoms with Crippen molar-refractivity contribution in [2.45, 2.75) is 17.7 Å². The molecule has 1 amide bonds. The standard InChI is InChI=1S/C22H24N4O5S2/c1-30-18-8-7-17(13-19(18)33(28,29)26-9-11-31-12-10-26)14-20(27)23-22-25-24-21(32-22)15-16-5-3-2-4-6-16/h2-8,13H,9-12,14-15H2,1H3,(H,23,25,27). The highest BCUT2D eigenvalue weighted by Crippen LogP contribution is 2.29. The average Bonchev–Trinajstić information content (AvgIpc) is 3.26. The van der Waals surface area contributed by atoms with Crippen LogP contribution in [0.15, 0.2) is 53.4 Å². The van der Waals surface area contributed by atoms with Crippen LogP contribution >= 0.6 is 11.3 Å². The Hall–Kier alpha value is -2.86. The molecule has 1 aromatic heterocycles. The molecule has 11 heteroatoms. The zero-order valence-corrected chi connectivity index (χ0v) is 19.7. The third-order valence-corrected chi connectivity index (χ3v) is 7.85. The lowest BCUT2D eigenvalue weighted by molar-refractivity contribution is -0.115. The Kier molecular flexibility index (Phi) is 7.33. The van der Waals surface area contributed by atoms with Gasteiger partial charge in [-0.1, -0.05) is 47.7 Å². The topological polar surface area (TPSA) is 111 Å². The summed E-state index contributed by atoms with van der Waals surface area (Å²) in [7, 11) is -2.35. The minimum atomic E-state index is -3.77. The molecule has 1 fully saturated rings. The highest BCUT2D eigenvalue weighted by molar-refractivity contribution is 7.89. The van der Waals surface area contributed by atoms with Crippen LogP contribution < -0.4 is 10.1 Å². The molecule has 33 heavy (non-hydrogen) atoms. The number of hydrogen-bond donors (Lipinski definition) is 1. The molecule has 0 radical (unpaired) electrons. The van der Waals surface area contributed by atoms with Crippen molar-refractivity contribution in [1.29, 1.82) is 0 Å². The fraction of sp³-hybridized carbons (Fsp3) is 0.318. The van der Waals surface area contributed by atoms with E-state index >= 15 is 0 Å². The molecule has 1 N–H and O–H groups in total. The fourth-order valence-electron chi connectivity index (χ4n) is 3.45. The van der Waals surface area contributed by atoms with E-state index in [9.17, 15) is 13.2 Å². The zero-order chi connectivity index (χ0) is 23.3. The van der Waals surface area contributed by atoms with Gasteiger partial charge in [0.2, 0.25) is 21.1 Å². The van der Waals surface area contributed by atoms with Crippen molar-refractivity contribution >= 4 is 32.4 Å².